The molecule has 0 fully saturated rings. The molecule has 1 aromatic heterocycles. The third kappa shape index (κ3) is 5.03. The molecule has 0 bridgehead atoms. The third-order valence-corrected chi connectivity index (χ3v) is 4.11. The first-order valence-corrected chi connectivity index (χ1v) is 8.43. The summed E-state index contributed by atoms with van der Waals surface area (Å²) < 4.78 is 5.05. The van der Waals surface area contributed by atoms with Crippen molar-refractivity contribution in [3.63, 3.8) is 0 Å². The Morgan fingerprint density at radius 1 is 1.23 bits per heavy atom. The van der Waals surface area contributed by atoms with Crippen LogP contribution >= 0.6 is 12.4 Å². The Bertz CT molecular complexity index is 865. The number of aryl methyl sites for hydroxylation is 2. The van der Waals surface area contributed by atoms with E-state index < -0.39 is 0 Å². The van der Waals surface area contributed by atoms with Gasteiger partial charge in [0.2, 0.25) is 11.8 Å². The number of aromatic nitrogens is 2. The van der Waals surface area contributed by atoms with Crippen molar-refractivity contribution in [2.45, 2.75) is 32.2 Å². The van der Waals surface area contributed by atoms with Gasteiger partial charge >= 0.3 is 0 Å². The molecular formula is C19H23ClN4O2. The summed E-state index contributed by atoms with van der Waals surface area (Å²) in [5, 5.41) is 9.05. The number of nitrogens with zero attached hydrogens (tertiary/aromatic N) is 2. The highest BCUT2D eigenvalue weighted by Crippen LogP contribution is 2.20. The predicted octanol–water partition coefficient (Wildman–Crippen LogP) is 3.09. The fourth-order valence-corrected chi connectivity index (χ4v) is 2.81. The molecule has 1 atom stereocenters. The van der Waals surface area contributed by atoms with Crippen molar-refractivity contribution in [3.05, 3.63) is 59.7 Å². The maximum atomic E-state index is 12.2. The number of amides is 1. The van der Waals surface area contributed by atoms with E-state index in [1.54, 1.807) is 6.92 Å². The number of fused-ring (bicyclic) bond motifs is 1. The van der Waals surface area contributed by atoms with Gasteiger partial charge in [-0.15, -0.1) is 12.4 Å². The lowest BCUT2D eigenvalue weighted by Gasteiger charge is -2.18. The smallest absolute Gasteiger partial charge is 0.226 e. The molecule has 3 aromatic rings. The van der Waals surface area contributed by atoms with Crippen molar-refractivity contribution in [2.24, 2.45) is 5.73 Å². The van der Waals surface area contributed by atoms with Gasteiger partial charge in [0.05, 0.1) is 6.04 Å². The highest BCUT2D eigenvalue weighted by atomic mass is 35.5. The van der Waals surface area contributed by atoms with Gasteiger partial charge in [-0.05, 0) is 35.7 Å². The molecule has 0 aliphatic heterocycles. The maximum Gasteiger partial charge on any atom is 0.226 e. The predicted molar refractivity (Wildman–Crippen MR) is 103 cm³/mol. The number of carbonyl (C=O) groups is 1. The van der Waals surface area contributed by atoms with Crippen LogP contribution in [0.2, 0.25) is 0 Å². The third-order valence-electron chi connectivity index (χ3n) is 4.11. The van der Waals surface area contributed by atoms with E-state index in [0.717, 1.165) is 10.9 Å². The summed E-state index contributed by atoms with van der Waals surface area (Å²) in [6, 6.07) is 14.1. The van der Waals surface area contributed by atoms with Crippen molar-refractivity contribution >= 4 is 29.1 Å². The molecule has 0 saturated carbocycles. The Morgan fingerprint density at radius 3 is 2.69 bits per heavy atom. The minimum absolute atomic E-state index is 0. The molecule has 2 aromatic carbocycles. The minimum Gasteiger partial charge on any atom is -0.348 e. The molecule has 1 unspecified atom stereocenters. The second-order valence-electron chi connectivity index (χ2n) is 6.05. The maximum absolute atomic E-state index is 12.2. The van der Waals surface area contributed by atoms with Crippen LogP contribution in [0.4, 0.5) is 0 Å². The van der Waals surface area contributed by atoms with Crippen LogP contribution in [-0.4, -0.2) is 22.6 Å². The Balaban J connectivity index is 0.00000243. The van der Waals surface area contributed by atoms with Gasteiger partial charge in [0.15, 0.2) is 5.82 Å². The number of nitrogens with one attached hydrogen (secondary N) is 1. The summed E-state index contributed by atoms with van der Waals surface area (Å²) in [6.45, 7) is 2.13. The van der Waals surface area contributed by atoms with Crippen LogP contribution in [-0.2, 0) is 11.2 Å². The number of carbonyl (C=O) groups excluding carboxylic acids is 1. The second-order valence-corrected chi connectivity index (χ2v) is 6.05. The van der Waals surface area contributed by atoms with E-state index in [4.69, 9.17) is 10.3 Å². The van der Waals surface area contributed by atoms with E-state index in [-0.39, 0.29) is 24.4 Å². The number of benzene rings is 2. The van der Waals surface area contributed by atoms with Gasteiger partial charge in [0.1, 0.15) is 0 Å². The summed E-state index contributed by atoms with van der Waals surface area (Å²) in [6.07, 6.45) is 1.64. The average Bonchev–Trinajstić information content (AvgIpc) is 3.04. The molecule has 0 saturated heterocycles. The monoisotopic (exact) mass is 374 g/mol. The number of halogens is 1. The van der Waals surface area contributed by atoms with Crippen LogP contribution in [0.3, 0.4) is 0 Å². The number of nitrogens with two attached hydrogens (primary N) is 1. The lowest BCUT2D eigenvalue weighted by molar-refractivity contribution is -0.121. The second kappa shape index (κ2) is 9.31. The topological polar surface area (TPSA) is 94.0 Å². The van der Waals surface area contributed by atoms with Gasteiger partial charge in [-0.1, -0.05) is 41.6 Å². The highest BCUT2D eigenvalue weighted by molar-refractivity contribution is 5.85. The van der Waals surface area contributed by atoms with Crippen LogP contribution in [0.25, 0.3) is 10.8 Å². The summed E-state index contributed by atoms with van der Waals surface area (Å²) >= 11 is 0. The normalized spacial score (nSPS) is 11.8. The molecule has 0 aliphatic rings. The highest BCUT2D eigenvalue weighted by Gasteiger charge is 2.14. The van der Waals surface area contributed by atoms with E-state index in [1.807, 2.05) is 18.2 Å². The number of hydrogen-bond donors (Lipinski definition) is 2. The van der Waals surface area contributed by atoms with Crippen molar-refractivity contribution in [2.75, 3.05) is 6.54 Å². The Labute approximate surface area is 158 Å². The largest absolute Gasteiger partial charge is 0.348 e. The Kier molecular flexibility index (Phi) is 7.12. The molecular weight excluding hydrogens is 352 g/mol. The number of hydrogen-bond acceptors (Lipinski definition) is 5. The lowest BCUT2D eigenvalue weighted by Crippen LogP contribution is -2.33. The van der Waals surface area contributed by atoms with E-state index >= 15 is 0 Å². The zero-order valence-electron chi connectivity index (χ0n) is 14.6. The first kappa shape index (κ1) is 19.9. The van der Waals surface area contributed by atoms with Crippen LogP contribution in [0.15, 0.2) is 47.0 Å². The van der Waals surface area contributed by atoms with Crippen molar-refractivity contribution in [1.29, 1.82) is 0 Å². The van der Waals surface area contributed by atoms with Crippen molar-refractivity contribution in [3.8, 4) is 0 Å². The molecule has 3 N–H and O–H groups in total. The fourth-order valence-electron chi connectivity index (χ4n) is 2.81. The zero-order valence-corrected chi connectivity index (χ0v) is 15.5. The van der Waals surface area contributed by atoms with E-state index in [2.05, 4.69) is 39.7 Å². The minimum atomic E-state index is -0.192. The zero-order chi connectivity index (χ0) is 17.6. The first-order valence-electron chi connectivity index (χ1n) is 8.43. The summed E-state index contributed by atoms with van der Waals surface area (Å²) in [5.74, 6) is 1.15. The Morgan fingerprint density at radius 2 is 2.00 bits per heavy atom. The van der Waals surface area contributed by atoms with Crippen LogP contribution in [0.1, 0.15) is 36.2 Å². The average molecular weight is 375 g/mol. The molecule has 0 radical (unpaired) electrons. The van der Waals surface area contributed by atoms with Gasteiger partial charge in [-0.2, -0.15) is 4.98 Å². The van der Waals surface area contributed by atoms with E-state index in [1.165, 1.54) is 5.39 Å². The van der Waals surface area contributed by atoms with Crippen LogP contribution in [0, 0.1) is 6.92 Å². The molecule has 0 aliphatic carbocycles. The molecule has 6 nitrogen and oxygen atoms in total. The molecule has 0 spiro atoms. The van der Waals surface area contributed by atoms with Crippen molar-refractivity contribution in [1.82, 2.24) is 15.5 Å². The van der Waals surface area contributed by atoms with Crippen molar-refractivity contribution < 1.29 is 9.32 Å². The van der Waals surface area contributed by atoms with E-state index in [9.17, 15) is 4.79 Å². The van der Waals surface area contributed by atoms with Gasteiger partial charge in [0.25, 0.3) is 0 Å². The summed E-state index contributed by atoms with van der Waals surface area (Å²) in [5.41, 5.74) is 6.89. The summed E-state index contributed by atoms with van der Waals surface area (Å²) in [4.78, 5) is 16.3. The first-order chi connectivity index (χ1) is 12.2. The molecule has 1 amide bonds. The molecule has 138 valence electrons. The van der Waals surface area contributed by atoms with Gasteiger partial charge < -0.3 is 15.6 Å². The van der Waals surface area contributed by atoms with Crippen LogP contribution in [0.5, 0.6) is 0 Å². The van der Waals surface area contributed by atoms with Crippen LogP contribution < -0.4 is 11.1 Å². The molecule has 3 rings (SSSR count). The quantitative estimate of drug-likeness (QED) is 0.662. The molecule has 7 heteroatoms. The summed E-state index contributed by atoms with van der Waals surface area (Å²) in [7, 11) is 0. The van der Waals surface area contributed by atoms with Gasteiger partial charge in [0, 0.05) is 19.4 Å². The molecule has 1 heterocycles. The standard InChI is InChI=1S/C19H22N4O2.ClH/c1-13-21-19(25-23-13)8-4-7-18(24)22-17(12-20)16-10-9-14-5-2-3-6-15(14)11-16;/h2-3,5-6,9-11,17H,4,7-8,12,20H2,1H3,(H,22,24);1H. The lowest BCUT2D eigenvalue weighted by atomic mass is 10.0. The van der Waals surface area contributed by atoms with E-state index in [0.29, 0.717) is 37.5 Å². The fraction of sp³-hybridized carbons (Fsp3) is 0.316. The molecule has 26 heavy (non-hydrogen) atoms. The SMILES string of the molecule is Cc1noc(CCCC(=O)NC(CN)c2ccc3ccccc3c2)n1.Cl. The Hall–Kier alpha value is -2.44. The number of rotatable bonds is 7. The van der Waals surface area contributed by atoms with Gasteiger partial charge in [-0.25, -0.2) is 0 Å². The van der Waals surface area contributed by atoms with Gasteiger partial charge in [-0.3, -0.25) is 4.79 Å².